The van der Waals surface area contributed by atoms with Crippen LogP contribution in [0.25, 0.3) is 0 Å². The average molecular weight is 288 g/mol. The Morgan fingerprint density at radius 2 is 1.90 bits per heavy atom. The molecule has 1 rings (SSSR count). The van der Waals surface area contributed by atoms with Gasteiger partial charge in [-0.15, -0.1) is 0 Å². The highest BCUT2D eigenvalue weighted by Gasteiger charge is 2.56. The van der Waals surface area contributed by atoms with Crippen molar-refractivity contribution in [1.29, 1.82) is 0 Å². The van der Waals surface area contributed by atoms with Gasteiger partial charge in [0.15, 0.2) is 0 Å². The standard InChI is InChI=1S/C14H15F3O3/c1-8(2)12(19)20-13(4,14(15,16)17)10-5-6-11(18)9(3)7-10/h5-7,18H,1H2,2-4H3. The number of aryl methyl sites for hydroxylation is 1. The molecule has 3 nitrogen and oxygen atoms in total. The minimum atomic E-state index is -4.80. The number of ether oxygens (including phenoxy) is 1. The Kier molecular flexibility index (Phi) is 4.17. The van der Waals surface area contributed by atoms with Crippen LogP contribution in [0.3, 0.4) is 0 Å². The summed E-state index contributed by atoms with van der Waals surface area (Å²) in [5, 5.41) is 9.38. The summed E-state index contributed by atoms with van der Waals surface area (Å²) in [6.45, 7) is 6.75. The van der Waals surface area contributed by atoms with E-state index < -0.39 is 17.7 Å². The fourth-order valence-electron chi connectivity index (χ4n) is 1.51. The Morgan fingerprint density at radius 1 is 1.35 bits per heavy atom. The van der Waals surface area contributed by atoms with E-state index in [1.54, 1.807) is 0 Å². The smallest absolute Gasteiger partial charge is 0.432 e. The van der Waals surface area contributed by atoms with E-state index in [1.807, 2.05) is 0 Å². The van der Waals surface area contributed by atoms with E-state index in [1.165, 1.54) is 13.8 Å². The zero-order valence-electron chi connectivity index (χ0n) is 11.3. The highest BCUT2D eigenvalue weighted by molar-refractivity contribution is 5.87. The van der Waals surface area contributed by atoms with E-state index in [-0.39, 0.29) is 22.4 Å². The molecule has 0 bridgehead atoms. The molecular weight excluding hydrogens is 273 g/mol. The Hall–Kier alpha value is -1.98. The summed E-state index contributed by atoms with van der Waals surface area (Å²) in [5.41, 5.74) is -2.95. The molecule has 0 saturated carbocycles. The van der Waals surface area contributed by atoms with Gasteiger partial charge in [0.1, 0.15) is 5.75 Å². The van der Waals surface area contributed by atoms with Crippen LogP contribution in [-0.4, -0.2) is 17.3 Å². The van der Waals surface area contributed by atoms with E-state index in [4.69, 9.17) is 0 Å². The number of alkyl halides is 3. The predicted molar refractivity (Wildman–Crippen MR) is 67.2 cm³/mol. The van der Waals surface area contributed by atoms with E-state index in [9.17, 15) is 23.1 Å². The van der Waals surface area contributed by atoms with Crippen molar-refractivity contribution in [2.45, 2.75) is 32.5 Å². The molecule has 0 spiro atoms. The Morgan fingerprint density at radius 3 is 2.30 bits per heavy atom. The van der Waals surface area contributed by atoms with Crippen molar-refractivity contribution >= 4 is 5.97 Å². The van der Waals surface area contributed by atoms with Crippen molar-refractivity contribution < 1.29 is 27.8 Å². The maximum atomic E-state index is 13.3. The number of hydrogen-bond donors (Lipinski definition) is 1. The normalized spacial score (nSPS) is 14.5. The van der Waals surface area contributed by atoms with Crippen molar-refractivity contribution in [3.05, 3.63) is 41.5 Å². The predicted octanol–water partition coefficient (Wildman–Crippen LogP) is 3.60. The van der Waals surface area contributed by atoms with Crippen LogP contribution >= 0.6 is 0 Å². The summed E-state index contributed by atoms with van der Waals surface area (Å²) in [6, 6.07) is 3.33. The maximum absolute atomic E-state index is 13.3. The van der Waals surface area contributed by atoms with Crippen LogP contribution in [0.5, 0.6) is 5.75 Å². The molecule has 0 saturated heterocycles. The Balaban J connectivity index is 3.35. The van der Waals surface area contributed by atoms with Crippen LogP contribution in [0.1, 0.15) is 25.0 Å². The first kappa shape index (κ1) is 16.1. The first-order valence-electron chi connectivity index (χ1n) is 5.74. The monoisotopic (exact) mass is 288 g/mol. The van der Waals surface area contributed by atoms with Crippen LogP contribution in [0.4, 0.5) is 13.2 Å². The number of rotatable bonds is 3. The van der Waals surface area contributed by atoms with E-state index in [0.29, 0.717) is 0 Å². The molecular formula is C14H15F3O3. The van der Waals surface area contributed by atoms with Crippen molar-refractivity contribution in [1.82, 2.24) is 0 Å². The summed E-state index contributed by atoms with van der Waals surface area (Å²) < 4.78 is 44.4. The van der Waals surface area contributed by atoms with Gasteiger partial charge >= 0.3 is 12.1 Å². The molecule has 0 fully saturated rings. The molecule has 20 heavy (non-hydrogen) atoms. The van der Waals surface area contributed by atoms with Gasteiger partial charge in [-0.3, -0.25) is 0 Å². The zero-order chi connectivity index (χ0) is 15.7. The number of phenols is 1. The molecule has 110 valence electrons. The first-order valence-corrected chi connectivity index (χ1v) is 5.74. The molecule has 0 heterocycles. The average Bonchev–Trinajstić information content (AvgIpc) is 2.30. The lowest BCUT2D eigenvalue weighted by Crippen LogP contribution is -2.43. The highest BCUT2D eigenvalue weighted by Crippen LogP contribution is 2.43. The molecule has 1 unspecified atom stereocenters. The van der Waals surface area contributed by atoms with Gasteiger partial charge < -0.3 is 9.84 Å². The van der Waals surface area contributed by atoms with Crippen molar-refractivity contribution in [3.8, 4) is 5.75 Å². The fraction of sp³-hybridized carbons (Fsp3) is 0.357. The molecule has 1 aromatic rings. The van der Waals surface area contributed by atoms with Gasteiger partial charge in [-0.2, -0.15) is 13.2 Å². The fourth-order valence-corrected chi connectivity index (χ4v) is 1.51. The number of aromatic hydroxyl groups is 1. The zero-order valence-corrected chi connectivity index (χ0v) is 11.3. The van der Waals surface area contributed by atoms with E-state index in [0.717, 1.165) is 25.1 Å². The summed E-state index contributed by atoms with van der Waals surface area (Å²) in [7, 11) is 0. The third-order valence-electron chi connectivity index (χ3n) is 2.93. The number of phenolic OH excluding ortho intramolecular Hbond substituents is 1. The summed E-state index contributed by atoms with van der Waals surface area (Å²) in [5.74, 6) is -1.26. The molecule has 0 amide bonds. The lowest BCUT2D eigenvalue weighted by Gasteiger charge is -2.32. The van der Waals surface area contributed by atoms with Crippen LogP contribution in [0.15, 0.2) is 30.4 Å². The van der Waals surface area contributed by atoms with E-state index >= 15 is 0 Å². The number of benzene rings is 1. The van der Waals surface area contributed by atoms with Crippen LogP contribution in [-0.2, 0) is 15.1 Å². The molecule has 1 atom stereocenters. The number of esters is 1. The molecule has 0 aromatic heterocycles. The molecule has 6 heteroatoms. The lowest BCUT2D eigenvalue weighted by molar-refractivity contribution is -0.268. The molecule has 0 aliphatic carbocycles. The van der Waals surface area contributed by atoms with Crippen LogP contribution < -0.4 is 0 Å². The van der Waals surface area contributed by atoms with Gasteiger partial charge in [0, 0.05) is 11.1 Å². The second-order valence-corrected chi connectivity index (χ2v) is 4.70. The van der Waals surface area contributed by atoms with Crippen LogP contribution in [0.2, 0.25) is 0 Å². The summed E-state index contributed by atoms with van der Waals surface area (Å²) in [6.07, 6.45) is -4.80. The van der Waals surface area contributed by atoms with Gasteiger partial charge in [-0.25, -0.2) is 4.79 Å². The number of carbonyl (C=O) groups excluding carboxylic acids is 1. The molecule has 0 aliphatic heterocycles. The number of hydrogen-bond acceptors (Lipinski definition) is 3. The second-order valence-electron chi connectivity index (χ2n) is 4.70. The second kappa shape index (κ2) is 5.19. The third-order valence-corrected chi connectivity index (χ3v) is 2.93. The van der Waals surface area contributed by atoms with E-state index in [2.05, 4.69) is 11.3 Å². The SMILES string of the molecule is C=C(C)C(=O)OC(C)(c1ccc(O)c(C)c1)C(F)(F)F. The highest BCUT2D eigenvalue weighted by atomic mass is 19.4. The number of carbonyl (C=O) groups is 1. The molecule has 1 N–H and O–H groups in total. The van der Waals surface area contributed by atoms with Gasteiger partial charge in [0.25, 0.3) is 0 Å². The lowest BCUT2D eigenvalue weighted by atomic mass is 9.93. The first-order chi connectivity index (χ1) is 8.99. The van der Waals surface area contributed by atoms with Crippen molar-refractivity contribution in [2.24, 2.45) is 0 Å². The Labute approximate surface area is 114 Å². The van der Waals surface area contributed by atoms with Gasteiger partial charge in [0.05, 0.1) is 0 Å². The number of halogens is 3. The van der Waals surface area contributed by atoms with Gasteiger partial charge in [-0.05, 0) is 38.5 Å². The van der Waals surface area contributed by atoms with Crippen LogP contribution in [0, 0.1) is 6.92 Å². The van der Waals surface area contributed by atoms with Gasteiger partial charge in [-0.1, -0.05) is 12.6 Å². The minimum absolute atomic E-state index is 0.129. The largest absolute Gasteiger partial charge is 0.508 e. The van der Waals surface area contributed by atoms with Crippen molar-refractivity contribution in [3.63, 3.8) is 0 Å². The molecule has 0 aliphatic rings. The maximum Gasteiger partial charge on any atom is 0.432 e. The quantitative estimate of drug-likeness (QED) is 0.683. The van der Waals surface area contributed by atoms with Gasteiger partial charge in [0.2, 0.25) is 5.60 Å². The Bertz CT molecular complexity index is 549. The minimum Gasteiger partial charge on any atom is -0.508 e. The van der Waals surface area contributed by atoms with Crippen molar-refractivity contribution in [2.75, 3.05) is 0 Å². The third kappa shape index (κ3) is 2.95. The molecule has 0 radical (unpaired) electrons. The molecule has 1 aromatic carbocycles. The summed E-state index contributed by atoms with van der Waals surface area (Å²) in [4.78, 5) is 11.5. The topological polar surface area (TPSA) is 46.5 Å². The summed E-state index contributed by atoms with van der Waals surface area (Å²) >= 11 is 0.